The second-order valence-corrected chi connectivity index (χ2v) is 4.34. The van der Waals surface area contributed by atoms with Crippen LogP contribution >= 0.6 is 15.9 Å². The van der Waals surface area contributed by atoms with E-state index >= 15 is 0 Å². The zero-order chi connectivity index (χ0) is 9.54. The summed E-state index contributed by atoms with van der Waals surface area (Å²) in [7, 11) is 0. The third-order valence-corrected chi connectivity index (χ3v) is 3.25. The van der Waals surface area contributed by atoms with Gasteiger partial charge in [0.15, 0.2) is 0 Å². The van der Waals surface area contributed by atoms with Crippen molar-refractivity contribution in [1.82, 2.24) is 4.98 Å². The average molecular weight is 246 g/mol. The highest BCUT2D eigenvalue weighted by Crippen LogP contribution is 2.40. The van der Waals surface area contributed by atoms with Crippen LogP contribution in [-0.2, 0) is 6.42 Å². The van der Waals surface area contributed by atoms with Crippen LogP contribution < -0.4 is 0 Å². The lowest BCUT2D eigenvalue weighted by Gasteiger charge is -2.01. The van der Waals surface area contributed by atoms with E-state index in [4.69, 9.17) is 0 Å². The minimum absolute atomic E-state index is 1.01. The van der Waals surface area contributed by atoms with Crippen molar-refractivity contribution < 1.29 is 0 Å². The van der Waals surface area contributed by atoms with E-state index < -0.39 is 0 Å². The van der Waals surface area contributed by atoms with Crippen LogP contribution in [0.2, 0.25) is 0 Å². The number of fused-ring (bicyclic) bond motifs is 3. The maximum absolute atomic E-state index is 4.19. The molecule has 1 aromatic heterocycles. The topological polar surface area (TPSA) is 12.9 Å². The Hall–Kier alpha value is -1.15. The van der Waals surface area contributed by atoms with Gasteiger partial charge in [-0.15, -0.1) is 0 Å². The first-order valence-electron chi connectivity index (χ1n) is 4.57. The molecule has 1 heterocycles. The number of nitrogens with zero attached hydrogens (tertiary/aromatic N) is 1. The van der Waals surface area contributed by atoms with Gasteiger partial charge in [0.05, 0.1) is 0 Å². The Morgan fingerprint density at radius 3 is 2.86 bits per heavy atom. The van der Waals surface area contributed by atoms with Crippen LogP contribution in [0.1, 0.15) is 11.1 Å². The number of hydrogen-bond donors (Lipinski definition) is 0. The van der Waals surface area contributed by atoms with E-state index in [0.29, 0.717) is 0 Å². The third-order valence-electron chi connectivity index (χ3n) is 2.65. The minimum atomic E-state index is 1.01. The van der Waals surface area contributed by atoms with Crippen LogP contribution in [0.5, 0.6) is 0 Å². The van der Waals surface area contributed by atoms with Gasteiger partial charge in [-0.2, -0.15) is 0 Å². The zero-order valence-corrected chi connectivity index (χ0v) is 9.08. The van der Waals surface area contributed by atoms with E-state index in [0.717, 1.165) is 10.9 Å². The second kappa shape index (κ2) is 2.92. The summed E-state index contributed by atoms with van der Waals surface area (Å²) in [4.78, 5) is 4.19. The summed E-state index contributed by atoms with van der Waals surface area (Å²) >= 11 is 3.55. The van der Waals surface area contributed by atoms with E-state index in [2.05, 4.69) is 45.2 Å². The normalized spacial score (nSPS) is 12.4. The summed E-state index contributed by atoms with van der Waals surface area (Å²) < 4.78 is 1.10. The molecular weight excluding hydrogens is 238 g/mol. The van der Waals surface area contributed by atoms with Crippen molar-refractivity contribution in [3.05, 3.63) is 52.3 Å². The summed E-state index contributed by atoms with van der Waals surface area (Å²) in [5.74, 6) is 0. The van der Waals surface area contributed by atoms with Gasteiger partial charge in [0.1, 0.15) is 0 Å². The van der Waals surface area contributed by atoms with E-state index in [9.17, 15) is 0 Å². The lowest BCUT2D eigenvalue weighted by Crippen LogP contribution is -1.82. The highest BCUT2D eigenvalue weighted by atomic mass is 79.9. The maximum atomic E-state index is 4.19. The number of hydrogen-bond acceptors (Lipinski definition) is 1. The molecule has 0 radical (unpaired) electrons. The van der Waals surface area contributed by atoms with Crippen LogP contribution in [0, 0.1) is 0 Å². The fourth-order valence-corrected chi connectivity index (χ4v) is 2.62. The molecule has 0 spiro atoms. The monoisotopic (exact) mass is 245 g/mol. The molecule has 1 aliphatic rings. The Morgan fingerprint density at radius 1 is 1.07 bits per heavy atom. The van der Waals surface area contributed by atoms with Gasteiger partial charge in [0.25, 0.3) is 0 Å². The Labute approximate surface area is 90.9 Å². The number of benzene rings is 1. The SMILES string of the molecule is Brc1cncc2c1-c1ccccc1C2. The Morgan fingerprint density at radius 2 is 1.93 bits per heavy atom. The molecule has 0 aliphatic heterocycles. The molecular formula is C12H8BrN. The highest BCUT2D eigenvalue weighted by molar-refractivity contribution is 9.10. The fraction of sp³-hybridized carbons (Fsp3) is 0.0833. The van der Waals surface area contributed by atoms with Gasteiger partial charge in [-0.05, 0) is 32.6 Å². The summed E-state index contributed by atoms with van der Waals surface area (Å²) in [6.07, 6.45) is 4.83. The van der Waals surface area contributed by atoms with E-state index in [1.165, 1.54) is 22.3 Å². The standard InChI is InChI=1S/C12H8BrN/c13-11-7-14-6-9-5-8-3-1-2-4-10(8)12(9)11/h1-4,6-7H,5H2. The lowest BCUT2D eigenvalue weighted by atomic mass is 10.1. The minimum Gasteiger partial charge on any atom is -0.263 e. The van der Waals surface area contributed by atoms with Crippen molar-refractivity contribution in [1.29, 1.82) is 0 Å². The highest BCUT2D eigenvalue weighted by Gasteiger charge is 2.19. The van der Waals surface area contributed by atoms with E-state index in [-0.39, 0.29) is 0 Å². The van der Waals surface area contributed by atoms with Gasteiger partial charge in [0, 0.05) is 28.9 Å². The van der Waals surface area contributed by atoms with Crippen LogP contribution in [-0.4, -0.2) is 4.98 Å². The van der Waals surface area contributed by atoms with Gasteiger partial charge in [0.2, 0.25) is 0 Å². The van der Waals surface area contributed by atoms with Crippen LogP contribution in [0.3, 0.4) is 0 Å². The van der Waals surface area contributed by atoms with Crippen molar-refractivity contribution in [2.45, 2.75) is 6.42 Å². The molecule has 0 fully saturated rings. The first-order valence-corrected chi connectivity index (χ1v) is 5.36. The predicted octanol–water partition coefficient (Wildman–Crippen LogP) is 3.42. The molecule has 2 heteroatoms. The molecule has 1 aromatic carbocycles. The number of pyridine rings is 1. The number of halogens is 1. The third kappa shape index (κ3) is 1.04. The molecule has 14 heavy (non-hydrogen) atoms. The second-order valence-electron chi connectivity index (χ2n) is 3.49. The van der Waals surface area contributed by atoms with Crippen molar-refractivity contribution in [3.63, 3.8) is 0 Å². The zero-order valence-electron chi connectivity index (χ0n) is 7.50. The maximum Gasteiger partial charge on any atom is 0.0440 e. The van der Waals surface area contributed by atoms with E-state index in [1.54, 1.807) is 0 Å². The van der Waals surface area contributed by atoms with Crippen LogP contribution in [0.25, 0.3) is 11.1 Å². The number of rotatable bonds is 0. The molecule has 1 aliphatic carbocycles. The fourth-order valence-electron chi connectivity index (χ4n) is 2.03. The van der Waals surface area contributed by atoms with Crippen LogP contribution in [0.15, 0.2) is 41.1 Å². The molecule has 2 aromatic rings. The van der Waals surface area contributed by atoms with Gasteiger partial charge in [-0.25, -0.2) is 0 Å². The Kier molecular flexibility index (Phi) is 1.71. The summed E-state index contributed by atoms with van der Waals surface area (Å²) in [6.45, 7) is 0. The number of aromatic nitrogens is 1. The van der Waals surface area contributed by atoms with Crippen LogP contribution in [0.4, 0.5) is 0 Å². The largest absolute Gasteiger partial charge is 0.263 e. The predicted molar refractivity (Wildman–Crippen MR) is 60.2 cm³/mol. The molecule has 0 saturated carbocycles. The van der Waals surface area contributed by atoms with Crippen molar-refractivity contribution in [2.24, 2.45) is 0 Å². The van der Waals surface area contributed by atoms with Gasteiger partial charge in [-0.3, -0.25) is 4.98 Å². The smallest absolute Gasteiger partial charge is 0.0440 e. The van der Waals surface area contributed by atoms with Crippen molar-refractivity contribution >= 4 is 15.9 Å². The van der Waals surface area contributed by atoms with Crippen molar-refractivity contribution in [3.8, 4) is 11.1 Å². The molecule has 0 atom stereocenters. The average Bonchev–Trinajstić information content (AvgIpc) is 2.57. The summed E-state index contributed by atoms with van der Waals surface area (Å²) in [6, 6.07) is 8.53. The Bertz CT molecular complexity index is 505. The molecule has 68 valence electrons. The Balaban J connectivity index is 2.35. The molecule has 1 nitrogen and oxygen atoms in total. The van der Waals surface area contributed by atoms with Gasteiger partial charge >= 0.3 is 0 Å². The molecule has 0 amide bonds. The van der Waals surface area contributed by atoms with Gasteiger partial charge < -0.3 is 0 Å². The quantitative estimate of drug-likeness (QED) is 0.592. The first-order chi connectivity index (χ1) is 6.86. The van der Waals surface area contributed by atoms with Gasteiger partial charge in [-0.1, -0.05) is 24.3 Å². The molecule has 3 rings (SSSR count). The molecule has 0 saturated heterocycles. The molecule has 0 unspecified atom stereocenters. The first kappa shape index (κ1) is 8.18. The molecule has 0 N–H and O–H groups in total. The lowest BCUT2D eigenvalue weighted by molar-refractivity contribution is 1.19. The summed E-state index contributed by atoms with van der Waals surface area (Å²) in [5.41, 5.74) is 5.38. The summed E-state index contributed by atoms with van der Waals surface area (Å²) in [5, 5.41) is 0. The molecule has 0 bridgehead atoms. The van der Waals surface area contributed by atoms with Crippen molar-refractivity contribution in [2.75, 3.05) is 0 Å². The van der Waals surface area contributed by atoms with E-state index in [1.807, 2.05) is 12.4 Å².